The molecule has 2 amide bonds. The zero-order valence-electron chi connectivity index (χ0n) is 39.1. The summed E-state index contributed by atoms with van der Waals surface area (Å²) in [5.74, 6) is -0.615. The van der Waals surface area contributed by atoms with Gasteiger partial charge < -0.3 is 25.3 Å². The molecule has 13 heteroatoms. The Morgan fingerprint density at radius 2 is 1.11 bits per heavy atom. The molecule has 5 aromatic rings. The molecule has 5 aromatic heterocycles. The number of pyridine rings is 2. The van der Waals surface area contributed by atoms with Crippen LogP contribution in [0, 0.1) is 27.7 Å². The molecule has 7 rings (SSSR count). The Labute approximate surface area is 386 Å². The molecule has 0 atom stereocenters. The lowest BCUT2D eigenvalue weighted by Gasteiger charge is -2.21. The van der Waals surface area contributed by atoms with Crippen LogP contribution in [0.2, 0.25) is 0 Å². The van der Waals surface area contributed by atoms with Crippen LogP contribution in [0.4, 0.5) is 0 Å². The molecule has 0 spiro atoms. The summed E-state index contributed by atoms with van der Waals surface area (Å²) in [6, 6.07) is 19.9. The molecule has 7 heterocycles. The number of rotatable bonds is 17. The summed E-state index contributed by atoms with van der Waals surface area (Å²) in [5, 5.41) is 5.96. The van der Waals surface area contributed by atoms with Crippen molar-refractivity contribution < 1.29 is 19.1 Å². The number of hydrogen-bond donors (Lipinski definition) is 4. The van der Waals surface area contributed by atoms with E-state index in [0.717, 1.165) is 101 Å². The van der Waals surface area contributed by atoms with Crippen molar-refractivity contribution in [3.63, 3.8) is 0 Å². The van der Waals surface area contributed by atoms with Crippen molar-refractivity contribution in [2.24, 2.45) is 0 Å². The molecule has 2 aliphatic heterocycles. The second kappa shape index (κ2) is 20.7. The minimum atomic E-state index is -0.308. The van der Waals surface area contributed by atoms with Gasteiger partial charge in [0.1, 0.15) is 0 Å². The molecule has 0 fully saturated rings. The molecule has 0 unspecified atom stereocenters. The van der Waals surface area contributed by atoms with Crippen LogP contribution < -0.4 is 10.6 Å². The van der Waals surface area contributed by atoms with Crippen LogP contribution in [0.5, 0.6) is 0 Å². The maximum atomic E-state index is 13.4. The Balaban J connectivity index is 1.12. The fraction of sp³-hybridized carbons (Fsp3) is 0.302. The van der Waals surface area contributed by atoms with Gasteiger partial charge in [0, 0.05) is 83.6 Å². The van der Waals surface area contributed by atoms with Gasteiger partial charge in [-0.25, -0.2) is 9.97 Å². The van der Waals surface area contributed by atoms with E-state index in [0.29, 0.717) is 37.3 Å². The molecule has 0 saturated heterocycles. The highest BCUT2D eigenvalue weighted by molar-refractivity contribution is 5.97. The maximum absolute atomic E-state index is 13.4. The van der Waals surface area contributed by atoms with Gasteiger partial charge in [0.2, 0.25) is 11.8 Å². The van der Waals surface area contributed by atoms with Crippen molar-refractivity contribution >= 4 is 74.3 Å². The lowest BCUT2D eigenvalue weighted by atomic mass is 9.98. The maximum Gasteiger partial charge on any atom is 0.305 e. The third-order valence-corrected chi connectivity index (χ3v) is 12.3. The summed E-state index contributed by atoms with van der Waals surface area (Å²) >= 11 is 0. The summed E-state index contributed by atoms with van der Waals surface area (Å²) in [6.07, 6.45) is 4.94. The van der Waals surface area contributed by atoms with Crippen molar-refractivity contribution in [2.45, 2.75) is 80.3 Å². The van der Waals surface area contributed by atoms with Crippen LogP contribution in [0.15, 0.2) is 73.8 Å². The van der Waals surface area contributed by atoms with Crippen LogP contribution in [-0.2, 0) is 32.2 Å². The monoisotopic (exact) mass is 885 g/mol. The first-order valence-corrected chi connectivity index (χ1v) is 22.3. The van der Waals surface area contributed by atoms with Gasteiger partial charge in [-0.2, -0.15) is 0 Å². The van der Waals surface area contributed by atoms with Gasteiger partial charge in [-0.05, 0) is 136 Å². The molecule has 340 valence electrons. The van der Waals surface area contributed by atoms with E-state index in [1.54, 1.807) is 0 Å². The first-order chi connectivity index (χ1) is 31.7. The smallest absolute Gasteiger partial charge is 0.305 e. The lowest BCUT2D eigenvalue weighted by molar-refractivity contribution is -0.140. The SMILES string of the molecule is C=Cc1c(C)c2cc3[nH]c(cc4nc(cc5nc(cc1[nH]2)C(C)=C5CCC(=O)OC)C(CCC(=O)NCCNC(=O)CN(Cc1cccc(C)n1)Cc1cccc(C)n1)=C4C)c(C)c3C=C. The summed E-state index contributed by atoms with van der Waals surface area (Å²) in [4.78, 5) is 67.9. The highest BCUT2D eigenvalue weighted by atomic mass is 16.5. The van der Waals surface area contributed by atoms with E-state index in [4.69, 9.17) is 14.7 Å². The number of carbonyl (C=O) groups is 3. The number of amides is 2. The number of nitrogens with one attached hydrogen (secondary N) is 4. The van der Waals surface area contributed by atoms with Crippen LogP contribution in [0.25, 0.3) is 56.5 Å². The molecule has 0 aliphatic carbocycles. The molecule has 66 heavy (non-hydrogen) atoms. The number of aryl methyl sites for hydroxylation is 4. The Bertz CT molecular complexity index is 2920. The molecular formula is C53H59N9O4. The minimum Gasteiger partial charge on any atom is -0.469 e. The van der Waals surface area contributed by atoms with Crippen molar-refractivity contribution in [3.05, 3.63) is 142 Å². The van der Waals surface area contributed by atoms with E-state index in [9.17, 15) is 14.4 Å². The van der Waals surface area contributed by atoms with Gasteiger partial charge in [0.05, 0.1) is 47.8 Å². The summed E-state index contributed by atoms with van der Waals surface area (Å²) in [5.41, 5.74) is 17.9. The first kappa shape index (κ1) is 46.7. The number of allylic oxidation sites excluding steroid dienone is 4. The van der Waals surface area contributed by atoms with Crippen LogP contribution in [-0.4, -0.2) is 79.3 Å². The number of hydrogen-bond acceptors (Lipinski definition) is 9. The van der Waals surface area contributed by atoms with Crippen LogP contribution in [0.3, 0.4) is 0 Å². The van der Waals surface area contributed by atoms with Crippen LogP contribution in [0.1, 0.15) is 107 Å². The Morgan fingerprint density at radius 1 is 0.621 bits per heavy atom. The second-order valence-electron chi connectivity index (χ2n) is 16.9. The Morgan fingerprint density at radius 3 is 1.62 bits per heavy atom. The Hall–Kier alpha value is -7.25. The summed E-state index contributed by atoms with van der Waals surface area (Å²) in [7, 11) is 1.39. The second-order valence-corrected chi connectivity index (χ2v) is 16.9. The standard InChI is InChI=1S/C53H59N9O4/c1-10-39-33(5)43-24-44-35(7)41(18-20-51(63)54-22-23-55-52(64)30-62(28-37-16-12-14-31(3)56-37)29-38-17-13-15-32(4)57-38)49(60-44)27-50-42(19-21-53(65)66-9)36(8)46(61-50)26-48-40(11-2)34(6)45(59-48)25-47(39)58-43/h10-17,24-27,58-59H,1-2,18-23,28-30H2,3-9H3,(H,54,63)(H,55,64). The number of esters is 1. The van der Waals surface area contributed by atoms with Gasteiger partial charge in [-0.15, -0.1) is 0 Å². The van der Waals surface area contributed by atoms with E-state index in [2.05, 4.69) is 63.6 Å². The molecule has 4 N–H and O–H groups in total. The van der Waals surface area contributed by atoms with Crippen molar-refractivity contribution in [2.75, 3.05) is 26.7 Å². The number of H-pyrrole nitrogens is 2. The third-order valence-electron chi connectivity index (χ3n) is 12.3. The molecule has 0 radical (unpaired) electrons. The summed E-state index contributed by atoms with van der Waals surface area (Å²) < 4.78 is 5.01. The highest BCUT2D eigenvalue weighted by Crippen LogP contribution is 2.38. The normalized spacial score (nSPS) is 12.4. The number of fused-ring (bicyclic) bond motifs is 8. The van der Waals surface area contributed by atoms with Gasteiger partial charge in [0.15, 0.2) is 0 Å². The molecule has 13 nitrogen and oxygen atoms in total. The fourth-order valence-electron chi connectivity index (χ4n) is 8.62. The zero-order valence-corrected chi connectivity index (χ0v) is 39.1. The summed E-state index contributed by atoms with van der Waals surface area (Å²) in [6.45, 7) is 22.0. The molecule has 8 bridgehead atoms. The van der Waals surface area contributed by atoms with Crippen LogP contribution >= 0.6 is 0 Å². The number of ether oxygens (including phenoxy) is 1. The van der Waals surface area contributed by atoms with Gasteiger partial charge in [0.25, 0.3) is 0 Å². The largest absolute Gasteiger partial charge is 0.469 e. The molecule has 2 aliphatic rings. The quantitative estimate of drug-likeness (QED) is 0.0525. The van der Waals surface area contributed by atoms with E-state index >= 15 is 0 Å². The highest BCUT2D eigenvalue weighted by Gasteiger charge is 2.23. The minimum absolute atomic E-state index is 0.141. The average Bonchev–Trinajstić information content (AvgIpc) is 3.95. The number of methoxy groups -OCH3 is 1. The van der Waals surface area contributed by atoms with Crippen molar-refractivity contribution in [3.8, 4) is 0 Å². The third kappa shape index (κ3) is 10.8. The fourth-order valence-corrected chi connectivity index (χ4v) is 8.62. The number of nitrogens with zero attached hydrogens (tertiary/aromatic N) is 5. The predicted octanol–water partition coefficient (Wildman–Crippen LogP) is 9.15. The van der Waals surface area contributed by atoms with Gasteiger partial charge in [-0.1, -0.05) is 37.4 Å². The number of aromatic amines is 2. The average molecular weight is 886 g/mol. The van der Waals surface area contributed by atoms with E-state index < -0.39 is 0 Å². The zero-order chi connectivity index (χ0) is 47.1. The topological polar surface area (TPSA) is 171 Å². The van der Waals surface area contributed by atoms with E-state index in [1.165, 1.54) is 7.11 Å². The molecular weight excluding hydrogens is 827 g/mol. The van der Waals surface area contributed by atoms with E-state index in [-0.39, 0.29) is 50.3 Å². The molecule has 0 saturated carbocycles. The Kier molecular flexibility index (Phi) is 14.7. The van der Waals surface area contributed by atoms with E-state index in [1.807, 2.05) is 99.3 Å². The number of carbonyl (C=O) groups excluding carboxylic acids is 3. The first-order valence-electron chi connectivity index (χ1n) is 22.3. The van der Waals surface area contributed by atoms with Gasteiger partial charge in [-0.3, -0.25) is 29.3 Å². The predicted molar refractivity (Wildman–Crippen MR) is 264 cm³/mol. The van der Waals surface area contributed by atoms with Crippen molar-refractivity contribution in [1.82, 2.24) is 45.4 Å². The lowest BCUT2D eigenvalue weighted by Crippen LogP contribution is -2.40. The molecule has 0 aromatic carbocycles. The van der Waals surface area contributed by atoms with Gasteiger partial charge >= 0.3 is 5.97 Å². The number of aromatic nitrogens is 6. The van der Waals surface area contributed by atoms with Crippen molar-refractivity contribution in [1.29, 1.82) is 0 Å².